The van der Waals surface area contributed by atoms with Crippen molar-refractivity contribution < 1.29 is 10.0 Å². The third-order valence-corrected chi connectivity index (χ3v) is 1.34. The minimum atomic E-state index is -0.451. The fourth-order valence-corrected chi connectivity index (χ4v) is 0.778. The number of carbonyl (C=O) groups is 1. The first-order valence-electron chi connectivity index (χ1n) is 3.68. The van der Waals surface area contributed by atoms with Crippen LogP contribution in [0, 0.1) is 0 Å². The summed E-state index contributed by atoms with van der Waals surface area (Å²) in [5, 5.41) is 13.1. The zero-order valence-electron chi connectivity index (χ0n) is 6.84. The molecule has 1 aromatic rings. The predicted octanol–water partition coefficient (Wildman–Crippen LogP) is 0.158. The Morgan fingerprint density at radius 1 is 1.69 bits per heavy atom. The van der Waals surface area contributed by atoms with Gasteiger partial charge in [0.15, 0.2) is 0 Å². The maximum Gasteiger partial charge on any atom is 0.266 e. The summed E-state index contributed by atoms with van der Waals surface area (Å²) in [6.45, 7) is 0.325. The molecule has 0 unspecified atom stereocenters. The highest BCUT2D eigenvalue weighted by Crippen LogP contribution is 1.90. The van der Waals surface area contributed by atoms with Crippen LogP contribution in [0.4, 0.5) is 0 Å². The highest BCUT2D eigenvalue weighted by atomic mass is 16.4. The number of hydrogen-bond donors (Lipinski definition) is 2. The van der Waals surface area contributed by atoms with E-state index in [1.54, 1.807) is 18.3 Å². The molecular formula is C8H9N3O2. The van der Waals surface area contributed by atoms with Gasteiger partial charge in [0, 0.05) is 6.20 Å². The summed E-state index contributed by atoms with van der Waals surface area (Å²) >= 11 is 0. The number of aromatic nitrogens is 1. The number of nitrogens with one attached hydrogen (secondary N) is 1. The zero-order valence-corrected chi connectivity index (χ0v) is 6.84. The van der Waals surface area contributed by atoms with E-state index in [1.807, 2.05) is 6.07 Å². The molecule has 0 saturated carbocycles. The summed E-state index contributed by atoms with van der Waals surface area (Å²) in [5.41, 5.74) is 0.752. The van der Waals surface area contributed by atoms with Gasteiger partial charge in [-0.15, -0.1) is 0 Å². The average molecular weight is 179 g/mol. The Bertz CT molecular complexity index is 298. The van der Waals surface area contributed by atoms with Gasteiger partial charge in [-0.05, 0) is 12.1 Å². The molecule has 0 aliphatic carbocycles. The van der Waals surface area contributed by atoms with Gasteiger partial charge in [0.2, 0.25) is 0 Å². The molecule has 0 aliphatic heterocycles. The molecule has 0 bridgehead atoms. The lowest BCUT2D eigenvalue weighted by atomic mass is 10.3. The average Bonchev–Trinajstić information content (AvgIpc) is 2.17. The fourth-order valence-electron chi connectivity index (χ4n) is 0.778. The van der Waals surface area contributed by atoms with E-state index in [0.717, 1.165) is 11.9 Å². The van der Waals surface area contributed by atoms with Crippen molar-refractivity contribution in [2.24, 2.45) is 5.16 Å². The van der Waals surface area contributed by atoms with Gasteiger partial charge < -0.3 is 10.5 Å². The van der Waals surface area contributed by atoms with Crippen molar-refractivity contribution in [1.82, 2.24) is 10.3 Å². The first-order valence-corrected chi connectivity index (χ1v) is 3.68. The molecule has 1 aromatic heterocycles. The highest BCUT2D eigenvalue weighted by Gasteiger charge is 1.96. The Labute approximate surface area is 75.1 Å². The number of hydrogen-bond acceptors (Lipinski definition) is 4. The van der Waals surface area contributed by atoms with Crippen molar-refractivity contribution in [3.05, 3.63) is 30.1 Å². The molecule has 0 spiro atoms. The minimum absolute atomic E-state index is 0.325. The summed E-state index contributed by atoms with van der Waals surface area (Å²) in [5.74, 6) is -0.451. The molecule has 5 heteroatoms. The normalized spacial score (nSPS) is 10.2. The van der Waals surface area contributed by atoms with Gasteiger partial charge in [-0.25, -0.2) is 0 Å². The van der Waals surface area contributed by atoms with Gasteiger partial charge in [-0.3, -0.25) is 9.78 Å². The van der Waals surface area contributed by atoms with Crippen molar-refractivity contribution >= 4 is 12.1 Å². The van der Waals surface area contributed by atoms with Crippen molar-refractivity contribution in [2.75, 3.05) is 0 Å². The number of pyridine rings is 1. The smallest absolute Gasteiger partial charge is 0.266 e. The van der Waals surface area contributed by atoms with E-state index >= 15 is 0 Å². The van der Waals surface area contributed by atoms with E-state index in [9.17, 15) is 4.79 Å². The molecule has 5 nitrogen and oxygen atoms in total. The van der Waals surface area contributed by atoms with Crippen LogP contribution in [0.2, 0.25) is 0 Å². The largest absolute Gasteiger partial charge is 0.411 e. The van der Waals surface area contributed by atoms with Crippen molar-refractivity contribution in [3.63, 3.8) is 0 Å². The summed E-state index contributed by atoms with van der Waals surface area (Å²) in [6.07, 6.45) is 2.44. The van der Waals surface area contributed by atoms with Crippen LogP contribution >= 0.6 is 0 Å². The van der Waals surface area contributed by atoms with Crippen LogP contribution in [-0.4, -0.2) is 22.3 Å². The topological polar surface area (TPSA) is 74.6 Å². The van der Waals surface area contributed by atoms with Gasteiger partial charge in [0.05, 0.1) is 12.2 Å². The lowest BCUT2D eigenvalue weighted by Gasteiger charge is -1.99. The number of amides is 1. The molecular weight excluding hydrogens is 170 g/mol. The molecule has 0 saturated heterocycles. The maximum atomic E-state index is 10.8. The van der Waals surface area contributed by atoms with Crippen molar-refractivity contribution in [3.8, 4) is 0 Å². The maximum absolute atomic E-state index is 10.8. The first kappa shape index (κ1) is 9.18. The van der Waals surface area contributed by atoms with Crippen LogP contribution in [0.3, 0.4) is 0 Å². The lowest BCUT2D eigenvalue weighted by molar-refractivity contribution is -0.114. The van der Waals surface area contributed by atoms with Gasteiger partial charge in [-0.2, -0.15) is 0 Å². The van der Waals surface area contributed by atoms with Crippen LogP contribution in [0.5, 0.6) is 0 Å². The third kappa shape index (κ3) is 3.33. The first-order chi connectivity index (χ1) is 6.33. The number of oxime groups is 1. The molecule has 1 rings (SSSR count). The van der Waals surface area contributed by atoms with Gasteiger partial charge in [-0.1, -0.05) is 11.2 Å². The molecule has 1 amide bonds. The summed E-state index contributed by atoms with van der Waals surface area (Å²) in [4.78, 5) is 14.8. The molecule has 1 heterocycles. The molecule has 0 aromatic carbocycles. The van der Waals surface area contributed by atoms with E-state index in [0.29, 0.717) is 6.54 Å². The Balaban J connectivity index is 2.40. The summed E-state index contributed by atoms with van der Waals surface area (Å²) < 4.78 is 0. The number of carbonyl (C=O) groups excluding carboxylic acids is 1. The van der Waals surface area contributed by atoms with Crippen LogP contribution in [-0.2, 0) is 11.3 Å². The Morgan fingerprint density at radius 3 is 3.15 bits per heavy atom. The Kier molecular flexibility index (Phi) is 3.44. The van der Waals surface area contributed by atoms with E-state index in [-0.39, 0.29) is 0 Å². The highest BCUT2D eigenvalue weighted by molar-refractivity contribution is 6.25. The molecule has 0 radical (unpaired) electrons. The molecule has 2 N–H and O–H groups in total. The van der Waals surface area contributed by atoms with Crippen LogP contribution in [0.25, 0.3) is 0 Å². The molecule has 0 fully saturated rings. The molecule has 68 valence electrons. The quantitative estimate of drug-likeness (QED) is 0.394. The van der Waals surface area contributed by atoms with Crippen LogP contribution in [0.1, 0.15) is 5.69 Å². The standard InChI is InChI=1S/C8H9N3O2/c12-8(6-11-13)10-5-7-3-1-2-4-9-7/h1-4,6,13H,5H2,(H,10,12). The lowest BCUT2D eigenvalue weighted by Crippen LogP contribution is -2.23. The summed E-state index contributed by atoms with van der Waals surface area (Å²) in [6, 6.07) is 5.41. The van der Waals surface area contributed by atoms with E-state index < -0.39 is 5.91 Å². The van der Waals surface area contributed by atoms with Crippen molar-refractivity contribution in [1.29, 1.82) is 0 Å². The SMILES string of the molecule is O=C(C=NO)NCc1ccccn1. The molecule has 0 aliphatic rings. The number of nitrogens with zero attached hydrogens (tertiary/aromatic N) is 2. The minimum Gasteiger partial charge on any atom is -0.411 e. The second kappa shape index (κ2) is 4.87. The Morgan fingerprint density at radius 2 is 2.54 bits per heavy atom. The van der Waals surface area contributed by atoms with E-state index in [1.165, 1.54) is 0 Å². The predicted molar refractivity (Wildman–Crippen MR) is 46.4 cm³/mol. The van der Waals surface area contributed by atoms with Crippen LogP contribution in [0.15, 0.2) is 29.6 Å². The molecule has 0 atom stereocenters. The second-order valence-electron chi connectivity index (χ2n) is 2.28. The van der Waals surface area contributed by atoms with Gasteiger partial charge in [0.1, 0.15) is 6.21 Å². The zero-order chi connectivity index (χ0) is 9.52. The Hall–Kier alpha value is -1.91. The van der Waals surface area contributed by atoms with Crippen LogP contribution < -0.4 is 5.32 Å². The van der Waals surface area contributed by atoms with Gasteiger partial charge >= 0.3 is 0 Å². The van der Waals surface area contributed by atoms with Gasteiger partial charge in [0.25, 0.3) is 5.91 Å². The van der Waals surface area contributed by atoms with E-state index in [4.69, 9.17) is 5.21 Å². The monoisotopic (exact) mass is 179 g/mol. The molecule has 13 heavy (non-hydrogen) atoms. The van der Waals surface area contributed by atoms with E-state index in [2.05, 4.69) is 15.5 Å². The fraction of sp³-hybridized carbons (Fsp3) is 0.125. The second-order valence-corrected chi connectivity index (χ2v) is 2.28. The number of rotatable bonds is 3. The summed E-state index contributed by atoms with van der Waals surface area (Å²) in [7, 11) is 0. The van der Waals surface area contributed by atoms with Crippen molar-refractivity contribution in [2.45, 2.75) is 6.54 Å². The third-order valence-electron chi connectivity index (χ3n) is 1.34.